The zero-order valence-electron chi connectivity index (χ0n) is 16.5. The van der Waals surface area contributed by atoms with Gasteiger partial charge in [0.2, 0.25) is 0 Å². The van der Waals surface area contributed by atoms with E-state index in [1.165, 1.54) is 12.1 Å². The van der Waals surface area contributed by atoms with Crippen LogP contribution in [0.5, 0.6) is 0 Å². The van der Waals surface area contributed by atoms with E-state index in [1.807, 2.05) is 30.0 Å². The lowest BCUT2D eigenvalue weighted by atomic mass is 10.1. The molecule has 0 radical (unpaired) electrons. The number of aliphatic imine (C=N–C) groups is 1. The van der Waals surface area contributed by atoms with Crippen LogP contribution in [0, 0.1) is 11.6 Å². The van der Waals surface area contributed by atoms with Gasteiger partial charge < -0.3 is 20.3 Å². The van der Waals surface area contributed by atoms with E-state index in [0.717, 1.165) is 11.1 Å². The number of halogens is 3. The Kier molecular flexibility index (Phi) is 9.59. The van der Waals surface area contributed by atoms with Crippen LogP contribution in [0.4, 0.5) is 14.5 Å². The van der Waals surface area contributed by atoms with Gasteiger partial charge in [0.25, 0.3) is 0 Å². The van der Waals surface area contributed by atoms with E-state index in [-0.39, 0.29) is 35.6 Å². The highest BCUT2D eigenvalue weighted by molar-refractivity contribution is 14.0. The molecule has 1 heterocycles. The van der Waals surface area contributed by atoms with Gasteiger partial charge in [0.15, 0.2) is 5.96 Å². The van der Waals surface area contributed by atoms with Crippen LogP contribution in [0.1, 0.15) is 18.1 Å². The summed E-state index contributed by atoms with van der Waals surface area (Å²) < 4.78 is 33.1. The minimum absolute atomic E-state index is 0. The van der Waals surface area contributed by atoms with Crippen LogP contribution < -0.4 is 15.5 Å². The van der Waals surface area contributed by atoms with Crippen molar-refractivity contribution >= 4 is 35.6 Å². The first-order valence-corrected chi connectivity index (χ1v) is 9.53. The van der Waals surface area contributed by atoms with Gasteiger partial charge in [-0.2, -0.15) is 0 Å². The Labute approximate surface area is 187 Å². The summed E-state index contributed by atoms with van der Waals surface area (Å²) in [6, 6.07) is 11.6. The van der Waals surface area contributed by atoms with Gasteiger partial charge in [-0.3, -0.25) is 0 Å². The highest BCUT2D eigenvalue weighted by Gasteiger charge is 2.15. The highest BCUT2D eigenvalue weighted by Crippen LogP contribution is 2.21. The molecule has 1 saturated heterocycles. The van der Waals surface area contributed by atoms with Crippen molar-refractivity contribution in [2.75, 3.05) is 37.7 Å². The van der Waals surface area contributed by atoms with Gasteiger partial charge in [0.1, 0.15) is 11.6 Å². The van der Waals surface area contributed by atoms with Crippen molar-refractivity contribution in [2.45, 2.75) is 20.0 Å². The van der Waals surface area contributed by atoms with E-state index in [4.69, 9.17) is 4.74 Å². The van der Waals surface area contributed by atoms with Gasteiger partial charge in [-0.1, -0.05) is 18.2 Å². The summed E-state index contributed by atoms with van der Waals surface area (Å²) in [5.41, 5.74) is 2.22. The zero-order valence-corrected chi connectivity index (χ0v) is 18.8. The van der Waals surface area contributed by atoms with Crippen molar-refractivity contribution in [3.05, 3.63) is 65.2 Å². The number of nitrogens with one attached hydrogen (secondary N) is 2. The fourth-order valence-corrected chi connectivity index (χ4v) is 3.05. The molecule has 0 spiro atoms. The summed E-state index contributed by atoms with van der Waals surface area (Å²) in [6.07, 6.45) is 0. The molecular formula is C21H27F2IN4O. The molecule has 0 unspecified atom stereocenters. The topological polar surface area (TPSA) is 48.9 Å². The molecule has 2 aromatic rings. The second-order valence-corrected chi connectivity index (χ2v) is 6.56. The molecule has 0 saturated carbocycles. The Morgan fingerprint density at radius 3 is 2.55 bits per heavy atom. The summed E-state index contributed by atoms with van der Waals surface area (Å²) in [4.78, 5) is 6.47. The first-order chi connectivity index (χ1) is 13.7. The number of benzene rings is 2. The average Bonchev–Trinajstić information content (AvgIpc) is 2.71. The number of ether oxygens (including phenoxy) is 1. The molecule has 0 aromatic heterocycles. The lowest BCUT2D eigenvalue weighted by Crippen LogP contribution is -2.37. The van der Waals surface area contributed by atoms with E-state index in [9.17, 15) is 8.78 Å². The SMILES string of the molecule is CCNC(=NCc1cccc(F)c1)NCc1ccc(N2CCOCC2)c(F)c1.I. The van der Waals surface area contributed by atoms with E-state index in [0.29, 0.717) is 57.6 Å². The molecule has 1 aliphatic rings. The number of hydrogen-bond acceptors (Lipinski definition) is 3. The third-order valence-corrected chi connectivity index (χ3v) is 4.48. The normalized spacial score (nSPS) is 14.3. The molecule has 158 valence electrons. The third kappa shape index (κ3) is 7.11. The van der Waals surface area contributed by atoms with Crippen molar-refractivity contribution < 1.29 is 13.5 Å². The standard InChI is InChI=1S/C21H26F2N4O.HI/c1-2-24-21(25-14-16-4-3-5-18(22)12-16)26-15-17-6-7-20(19(23)13-17)27-8-10-28-11-9-27;/h3-7,12-13H,2,8-11,14-15H2,1H3,(H2,24,25,26);1H. The van der Waals surface area contributed by atoms with Crippen molar-refractivity contribution in [1.29, 1.82) is 0 Å². The van der Waals surface area contributed by atoms with Gasteiger partial charge in [0, 0.05) is 26.2 Å². The summed E-state index contributed by atoms with van der Waals surface area (Å²) in [5, 5.41) is 6.34. The Morgan fingerprint density at radius 2 is 1.86 bits per heavy atom. The molecule has 29 heavy (non-hydrogen) atoms. The molecule has 5 nitrogen and oxygen atoms in total. The Hall–Kier alpha value is -1.94. The third-order valence-electron chi connectivity index (χ3n) is 4.48. The molecule has 3 rings (SSSR count). The molecule has 0 aliphatic carbocycles. The van der Waals surface area contributed by atoms with Crippen LogP contribution >= 0.6 is 24.0 Å². The fraction of sp³-hybridized carbons (Fsp3) is 0.381. The first kappa shape index (κ1) is 23.3. The quantitative estimate of drug-likeness (QED) is 0.350. The maximum atomic E-state index is 14.5. The predicted octanol–water partition coefficient (Wildman–Crippen LogP) is 3.67. The maximum absolute atomic E-state index is 14.5. The number of nitrogens with zero attached hydrogens (tertiary/aromatic N) is 2. The molecular weight excluding hydrogens is 489 g/mol. The number of hydrogen-bond donors (Lipinski definition) is 2. The number of guanidine groups is 1. The minimum Gasteiger partial charge on any atom is -0.378 e. The summed E-state index contributed by atoms with van der Waals surface area (Å²) >= 11 is 0. The fourth-order valence-electron chi connectivity index (χ4n) is 3.05. The van der Waals surface area contributed by atoms with Gasteiger partial charge in [-0.15, -0.1) is 24.0 Å². The van der Waals surface area contributed by atoms with Crippen LogP contribution in [0.25, 0.3) is 0 Å². The van der Waals surface area contributed by atoms with E-state index in [2.05, 4.69) is 15.6 Å². The second kappa shape index (κ2) is 11.9. The van der Waals surface area contributed by atoms with Crippen LogP contribution in [-0.4, -0.2) is 38.8 Å². The zero-order chi connectivity index (χ0) is 19.8. The van der Waals surface area contributed by atoms with E-state index in [1.54, 1.807) is 12.1 Å². The number of anilines is 1. The Bertz CT molecular complexity index is 813. The summed E-state index contributed by atoms with van der Waals surface area (Å²) in [5.74, 6) is 0.0915. The molecule has 1 aliphatic heterocycles. The number of morpholine rings is 1. The van der Waals surface area contributed by atoms with Crippen LogP contribution in [0.2, 0.25) is 0 Å². The monoisotopic (exact) mass is 516 g/mol. The molecule has 8 heteroatoms. The van der Waals surface area contributed by atoms with Crippen molar-refractivity contribution in [1.82, 2.24) is 10.6 Å². The first-order valence-electron chi connectivity index (χ1n) is 9.53. The molecule has 0 bridgehead atoms. The average molecular weight is 516 g/mol. The van der Waals surface area contributed by atoms with E-state index < -0.39 is 0 Å². The summed E-state index contributed by atoms with van der Waals surface area (Å²) in [7, 11) is 0. The predicted molar refractivity (Wildman–Crippen MR) is 123 cm³/mol. The van der Waals surface area contributed by atoms with Crippen molar-refractivity contribution in [2.24, 2.45) is 4.99 Å². The molecule has 0 atom stereocenters. The smallest absolute Gasteiger partial charge is 0.191 e. The van der Waals surface area contributed by atoms with Crippen molar-refractivity contribution in [3.63, 3.8) is 0 Å². The second-order valence-electron chi connectivity index (χ2n) is 6.56. The Balaban J connectivity index is 0.00000300. The molecule has 2 N–H and O–H groups in total. The lowest BCUT2D eigenvalue weighted by molar-refractivity contribution is 0.122. The number of rotatable bonds is 6. The van der Waals surface area contributed by atoms with Gasteiger partial charge in [0.05, 0.1) is 25.4 Å². The largest absolute Gasteiger partial charge is 0.378 e. The van der Waals surface area contributed by atoms with Crippen LogP contribution in [0.15, 0.2) is 47.5 Å². The molecule has 1 fully saturated rings. The highest BCUT2D eigenvalue weighted by atomic mass is 127. The van der Waals surface area contributed by atoms with Gasteiger partial charge in [-0.25, -0.2) is 13.8 Å². The van der Waals surface area contributed by atoms with Crippen molar-refractivity contribution in [3.8, 4) is 0 Å². The molecule has 0 amide bonds. The minimum atomic E-state index is -0.276. The lowest BCUT2D eigenvalue weighted by Gasteiger charge is -2.29. The molecule has 2 aromatic carbocycles. The van der Waals surface area contributed by atoms with Crippen LogP contribution in [-0.2, 0) is 17.8 Å². The van der Waals surface area contributed by atoms with E-state index >= 15 is 0 Å². The van der Waals surface area contributed by atoms with Crippen LogP contribution in [0.3, 0.4) is 0 Å². The maximum Gasteiger partial charge on any atom is 0.191 e. The summed E-state index contributed by atoms with van der Waals surface area (Å²) in [6.45, 7) is 6.10. The van der Waals surface area contributed by atoms with Gasteiger partial charge >= 0.3 is 0 Å². The van der Waals surface area contributed by atoms with Gasteiger partial charge in [-0.05, 0) is 42.3 Å². The Morgan fingerprint density at radius 1 is 1.07 bits per heavy atom.